The largest absolute Gasteiger partial charge is 0.493 e. The number of anilines is 1. The zero-order valence-corrected chi connectivity index (χ0v) is 21.5. The van der Waals surface area contributed by atoms with Crippen LogP contribution in [0, 0.1) is 23.7 Å². The molecule has 0 saturated heterocycles. The molecule has 0 heterocycles. The van der Waals surface area contributed by atoms with E-state index >= 15 is 0 Å². The van der Waals surface area contributed by atoms with Crippen molar-refractivity contribution in [2.24, 2.45) is 23.7 Å². The zero-order valence-electron chi connectivity index (χ0n) is 21.5. The van der Waals surface area contributed by atoms with Crippen LogP contribution in [0.25, 0.3) is 0 Å². The Kier molecular flexibility index (Phi) is 8.82. The second-order valence-electron chi connectivity index (χ2n) is 10.2. The molecule has 1 fully saturated rings. The van der Waals surface area contributed by atoms with Gasteiger partial charge in [-0.2, -0.15) is 0 Å². The van der Waals surface area contributed by atoms with Gasteiger partial charge >= 0.3 is 5.97 Å². The van der Waals surface area contributed by atoms with Crippen LogP contribution in [-0.2, 0) is 4.79 Å². The van der Waals surface area contributed by atoms with Crippen LogP contribution in [0.15, 0.2) is 48.5 Å². The SMILES string of the molecule is COc1ccccc1OCCC(C(=O)O)C1(Nc2ccc(C(C)=O)cc2)CC(C)CCC1C(C)C. The molecular weight excluding hydrogens is 442 g/mol. The molecule has 1 saturated carbocycles. The summed E-state index contributed by atoms with van der Waals surface area (Å²) < 4.78 is 11.4. The summed E-state index contributed by atoms with van der Waals surface area (Å²) in [7, 11) is 1.59. The minimum Gasteiger partial charge on any atom is -0.493 e. The summed E-state index contributed by atoms with van der Waals surface area (Å²) in [5.41, 5.74) is 0.841. The predicted molar refractivity (Wildman–Crippen MR) is 138 cm³/mol. The van der Waals surface area contributed by atoms with Gasteiger partial charge in [0.05, 0.1) is 25.2 Å². The van der Waals surface area contributed by atoms with Crippen LogP contribution < -0.4 is 14.8 Å². The van der Waals surface area contributed by atoms with Crippen LogP contribution in [0.3, 0.4) is 0 Å². The third-order valence-corrected chi connectivity index (χ3v) is 7.44. The number of carboxylic acids is 1. The van der Waals surface area contributed by atoms with Crippen molar-refractivity contribution in [1.29, 1.82) is 0 Å². The summed E-state index contributed by atoms with van der Waals surface area (Å²) in [4.78, 5) is 24.6. The molecule has 2 aromatic rings. The molecule has 35 heavy (non-hydrogen) atoms. The van der Waals surface area contributed by atoms with Gasteiger partial charge in [0.25, 0.3) is 0 Å². The lowest BCUT2D eigenvalue weighted by atomic mass is 9.59. The zero-order chi connectivity index (χ0) is 25.6. The van der Waals surface area contributed by atoms with Crippen LogP contribution in [0.1, 0.15) is 63.7 Å². The summed E-state index contributed by atoms with van der Waals surface area (Å²) >= 11 is 0. The fourth-order valence-corrected chi connectivity index (χ4v) is 5.79. The summed E-state index contributed by atoms with van der Waals surface area (Å²) in [6.07, 6.45) is 3.17. The number of ketones is 1. The maximum absolute atomic E-state index is 12.8. The van der Waals surface area contributed by atoms with Gasteiger partial charge in [-0.25, -0.2) is 0 Å². The molecule has 2 N–H and O–H groups in total. The molecule has 0 aliphatic heterocycles. The van der Waals surface area contributed by atoms with Gasteiger partial charge in [-0.15, -0.1) is 0 Å². The predicted octanol–water partition coefficient (Wildman–Crippen LogP) is 6.31. The highest BCUT2D eigenvalue weighted by molar-refractivity contribution is 5.94. The van der Waals surface area contributed by atoms with Gasteiger partial charge < -0.3 is 19.9 Å². The number of rotatable bonds is 11. The highest BCUT2D eigenvalue weighted by Crippen LogP contribution is 2.48. The van der Waals surface area contributed by atoms with Crippen molar-refractivity contribution in [1.82, 2.24) is 0 Å². The van der Waals surface area contributed by atoms with E-state index in [9.17, 15) is 14.7 Å². The number of aliphatic carboxylic acids is 1. The highest BCUT2D eigenvalue weighted by Gasteiger charge is 2.52. The van der Waals surface area contributed by atoms with Gasteiger partial charge in [-0.3, -0.25) is 9.59 Å². The molecule has 0 bridgehead atoms. The molecule has 6 nitrogen and oxygen atoms in total. The summed E-state index contributed by atoms with van der Waals surface area (Å²) in [5, 5.41) is 14.2. The van der Waals surface area contributed by atoms with E-state index < -0.39 is 17.4 Å². The van der Waals surface area contributed by atoms with Crippen molar-refractivity contribution in [2.75, 3.05) is 19.0 Å². The van der Waals surface area contributed by atoms with Crippen LogP contribution in [0.4, 0.5) is 5.69 Å². The number of hydrogen-bond acceptors (Lipinski definition) is 5. The lowest BCUT2D eigenvalue weighted by Gasteiger charge is -2.52. The smallest absolute Gasteiger partial charge is 0.309 e. The van der Waals surface area contributed by atoms with E-state index in [2.05, 4.69) is 26.1 Å². The average molecular weight is 482 g/mol. The van der Waals surface area contributed by atoms with Crippen molar-refractivity contribution in [2.45, 2.75) is 58.9 Å². The minimum atomic E-state index is -0.818. The van der Waals surface area contributed by atoms with E-state index in [-0.39, 0.29) is 18.3 Å². The van der Waals surface area contributed by atoms with E-state index in [0.717, 1.165) is 24.9 Å². The Morgan fingerprint density at radius 1 is 1.09 bits per heavy atom. The maximum atomic E-state index is 12.8. The number of nitrogens with one attached hydrogen (secondary N) is 1. The first-order valence-electron chi connectivity index (χ1n) is 12.6. The molecule has 190 valence electrons. The molecule has 2 aromatic carbocycles. The van der Waals surface area contributed by atoms with Crippen LogP contribution in [0.5, 0.6) is 11.5 Å². The van der Waals surface area contributed by atoms with Gasteiger partial charge in [0.15, 0.2) is 17.3 Å². The second-order valence-corrected chi connectivity index (χ2v) is 10.2. The average Bonchev–Trinajstić information content (AvgIpc) is 2.81. The second kappa shape index (κ2) is 11.6. The number of hydrogen-bond donors (Lipinski definition) is 2. The maximum Gasteiger partial charge on any atom is 0.309 e. The van der Waals surface area contributed by atoms with Gasteiger partial charge in [0.1, 0.15) is 0 Å². The fraction of sp³-hybridized carbons (Fsp3) is 0.517. The molecule has 6 heteroatoms. The number of para-hydroxylation sites is 2. The Bertz CT molecular complexity index is 1000. The van der Waals surface area contributed by atoms with Crippen LogP contribution >= 0.6 is 0 Å². The minimum absolute atomic E-state index is 0.00881. The Morgan fingerprint density at radius 3 is 2.31 bits per heavy atom. The van der Waals surface area contributed by atoms with Crippen molar-refractivity contribution < 1.29 is 24.2 Å². The number of carbonyl (C=O) groups excluding carboxylic acids is 1. The van der Waals surface area contributed by atoms with E-state index in [0.29, 0.717) is 35.3 Å². The van der Waals surface area contributed by atoms with Crippen molar-refractivity contribution in [3.05, 3.63) is 54.1 Å². The molecule has 4 unspecified atom stereocenters. The number of carbonyl (C=O) groups is 2. The molecule has 0 aromatic heterocycles. The third-order valence-electron chi connectivity index (χ3n) is 7.44. The highest BCUT2D eigenvalue weighted by atomic mass is 16.5. The molecule has 0 radical (unpaired) electrons. The van der Waals surface area contributed by atoms with Crippen molar-refractivity contribution >= 4 is 17.4 Å². The molecular formula is C29H39NO5. The number of Topliss-reactive ketones (excluding diaryl/α,β-unsaturated/α-hetero) is 1. The number of ether oxygens (including phenoxy) is 2. The Labute approximate surface area is 209 Å². The van der Waals surface area contributed by atoms with Crippen LogP contribution in [-0.4, -0.2) is 36.1 Å². The standard InChI is InChI=1S/C29H39NO5/c1-19(2)24-15-10-20(3)18-29(24,30-23-13-11-22(12-14-23)21(4)31)25(28(32)33)16-17-35-27-9-7-6-8-26(27)34-5/h6-9,11-14,19-20,24-25,30H,10,15-18H2,1-5H3,(H,32,33). The first kappa shape index (κ1) is 26.6. The lowest BCUT2D eigenvalue weighted by Crippen LogP contribution is -2.59. The molecule has 1 aliphatic carbocycles. The van der Waals surface area contributed by atoms with Crippen LogP contribution in [0.2, 0.25) is 0 Å². The van der Waals surface area contributed by atoms with E-state index in [1.165, 1.54) is 0 Å². The van der Waals surface area contributed by atoms with E-state index in [4.69, 9.17) is 9.47 Å². The van der Waals surface area contributed by atoms with E-state index in [1.807, 2.05) is 36.4 Å². The number of benzene rings is 2. The first-order chi connectivity index (χ1) is 16.7. The Balaban J connectivity index is 1.94. The Morgan fingerprint density at radius 2 is 1.74 bits per heavy atom. The third kappa shape index (κ3) is 6.16. The quantitative estimate of drug-likeness (QED) is 0.366. The van der Waals surface area contributed by atoms with Gasteiger partial charge in [-0.05, 0) is 80.3 Å². The topological polar surface area (TPSA) is 84.9 Å². The Hall–Kier alpha value is -3.02. The molecule has 4 atom stereocenters. The van der Waals surface area contributed by atoms with Gasteiger partial charge in [0.2, 0.25) is 0 Å². The molecule has 1 aliphatic rings. The monoisotopic (exact) mass is 481 g/mol. The summed E-state index contributed by atoms with van der Waals surface area (Å²) in [6.45, 7) is 8.38. The fourth-order valence-electron chi connectivity index (χ4n) is 5.79. The van der Waals surface area contributed by atoms with Gasteiger partial charge in [0, 0.05) is 11.3 Å². The molecule has 3 rings (SSSR count). The first-order valence-corrected chi connectivity index (χ1v) is 12.6. The van der Waals surface area contributed by atoms with Crippen molar-refractivity contribution in [3.8, 4) is 11.5 Å². The summed E-state index contributed by atoms with van der Waals surface area (Å²) in [6, 6.07) is 14.8. The lowest BCUT2D eigenvalue weighted by molar-refractivity contribution is -0.147. The number of methoxy groups -OCH3 is 1. The molecule has 0 amide bonds. The van der Waals surface area contributed by atoms with Crippen molar-refractivity contribution in [3.63, 3.8) is 0 Å². The number of carboxylic acid groups (broad SMARTS) is 1. The van der Waals surface area contributed by atoms with E-state index in [1.54, 1.807) is 26.2 Å². The van der Waals surface area contributed by atoms with Gasteiger partial charge in [-0.1, -0.05) is 39.3 Å². The molecule has 0 spiro atoms. The summed E-state index contributed by atoms with van der Waals surface area (Å²) in [5.74, 6) is 0.658. The normalized spacial score (nSPS) is 22.9.